The molecule has 0 saturated carbocycles. The van der Waals surface area contributed by atoms with Gasteiger partial charge in [-0.25, -0.2) is 9.97 Å². The highest BCUT2D eigenvalue weighted by Crippen LogP contribution is 2.31. The van der Waals surface area contributed by atoms with Crippen molar-refractivity contribution < 1.29 is 27.4 Å². The summed E-state index contributed by atoms with van der Waals surface area (Å²) in [5, 5.41) is 0. The van der Waals surface area contributed by atoms with Gasteiger partial charge in [-0.3, -0.25) is 4.79 Å². The Morgan fingerprint density at radius 1 is 1.22 bits per heavy atom. The van der Waals surface area contributed by atoms with E-state index in [0.717, 1.165) is 12.1 Å². The van der Waals surface area contributed by atoms with Crippen molar-refractivity contribution in [2.45, 2.75) is 25.1 Å². The minimum atomic E-state index is -4.45. The number of aromatic nitrogens is 2. The van der Waals surface area contributed by atoms with Crippen LogP contribution in [0.5, 0.6) is 11.6 Å². The maximum Gasteiger partial charge on any atom is 0.416 e. The van der Waals surface area contributed by atoms with Crippen LogP contribution in [0.4, 0.5) is 13.2 Å². The Kier molecular flexibility index (Phi) is 5.78. The summed E-state index contributed by atoms with van der Waals surface area (Å²) in [4.78, 5) is 21.7. The minimum Gasteiger partial charge on any atom is -0.484 e. The fourth-order valence-corrected chi connectivity index (χ4v) is 2.74. The van der Waals surface area contributed by atoms with Crippen molar-refractivity contribution in [3.05, 3.63) is 48.4 Å². The first-order valence-electron chi connectivity index (χ1n) is 8.42. The third-order valence-corrected chi connectivity index (χ3v) is 4.16. The van der Waals surface area contributed by atoms with Crippen LogP contribution in [0, 0.1) is 0 Å². The number of ether oxygens (including phenoxy) is 2. The number of hydrogen-bond donors (Lipinski definition) is 0. The summed E-state index contributed by atoms with van der Waals surface area (Å²) >= 11 is 0. The number of rotatable bonds is 5. The Bertz CT molecular complexity index is 763. The molecule has 0 radical (unpaired) electrons. The summed E-state index contributed by atoms with van der Waals surface area (Å²) in [5.41, 5.74) is -0.810. The lowest BCUT2D eigenvalue weighted by atomic mass is 10.1. The van der Waals surface area contributed by atoms with Crippen LogP contribution in [0.1, 0.15) is 18.4 Å². The molecule has 1 saturated heterocycles. The quantitative estimate of drug-likeness (QED) is 0.797. The maximum absolute atomic E-state index is 12.7. The van der Waals surface area contributed by atoms with Crippen LogP contribution < -0.4 is 9.47 Å². The molecule has 2 heterocycles. The largest absolute Gasteiger partial charge is 0.484 e. The molecule has 1 aromatic carbocycles. The molecule has 0 bridgehead atoms. The Labute approximate surface area is 153 Å². The number of carbonyl (C=O) groups is 1. The van der Waals surface area contributed by atoms with Gasteiger partial charge in [0.25, 0.3) is 5.91 Å². The Balaban J connectivity index is 1.46. The fourth-order valence-electron chi connectivity index (χ4n) is 2.74. The average molecular weight is 381 g/mol. The van der Waals surface area contributed by atoms with Crippen LogP contribution in [0.15, 0.2) is 42.9 Å². The second-order valence-corrected chi connectivity index (χ2v) is 6.06. The molecule has 1 aliphatic rings. The first-order chi connectivity index (χ1) is 12.9. The maximum atomic E-state index is 12.7. The van der Waals surface area contributed by atoms with E-state index in [1.807, 2.05) is 0 Å². The predicted octanol–water partition coefficient (Wildman–Crippen LogP) is 2.94. The number of likely N-dealkylation sites (tertiary alicyclic amines) is 1. The van der Waals surface area contributed by atoms with Gasteiger partial charge in [0.15, 0.2) is 6.61 Å². The molecule has 0 aliphatic carbocycles. The highest BCUT2D eigenvalue weighted by molar-refractivity contribution is 5.77. The SMILES string of the molecule is O=C(COc1cccc(C(F)(F)F)c1)N1CCC(Oc2ccncn2)CC1. The molecule has 1 aliphatic heterocycles. The van der Waals surface area contributed by atoms with E-state index in [-0.39, 0.29) is 24.4 Å². The lowest BCUT2D eigenvalue weighted by molar-refractivity contribution is -0.137. The van der Waals surface area contributed by atoms with Gasteiger partial charge in [0.1, 0.15) is 18.2 Å². The molecule has 3 rings (SSSR count). The number of hydrogen-bond acceptors (Lipinski definition) is 5. The van der Waals surface area contributed by atoms with Crippen molar-refractivity contribution in [1.29, 1.82) is 0 Å². The van der Waals surface area contributed by atoms with E-state index in [9.17, 15) is 18.0 Å². The second-order valence-electron chi connectivity index (χ2n) is 6.06. The van der Waals surface area contributed by atoms with Crippen molar-refractivity contribution in [1.82, 2.24) is 14.9 Å². The number of amides is 1. The summed E-state index contributed by atoms with van der Waals surface area (Å²) in [7, 11) is 0. The van der Waals surface area contributed by atoms with Crippen LogP contribution in [0.2, 0.25) is 0 Å². The van der Waals surface area contributed by atoms with Gasteiger partial charge in [0.2, 0.25) is 5.88 Å². The van der Waals surface area contributed by atoms with Crippen molar-refractivity contribution >= 4 is 5.91 Å². The van der Waals surface area contributed by atoms with Crippen LogP contribution >= 0.6 is 0 Å². The van der Waals surface area contributed by atoms with Gasteiger partial charge in [0, 0.05) is 38.2 Å². The molecule has 0 N–H and O–H groups in total. The molecular formula is C18H18F3N3O3. The van der Waals surface area contributed by atoms with E-state index in [4.69, 9.17) is 9.47 Å². The zero-order valence-corrected chi connectivity index (χ0v) is 14.4. The van der Waals surface area contributed by atoms with E-state index >= 15 is 0 Å². The molecule has 0 atom stereocenters. The van der Waals surface area contributed by atoms with E-state index in [1.54, 1.807) is 17.2 Å². The lowest BCUT2D eigenvalue weighted by Crippen LogP contribution is -2.43. The van der Waals surface area contributed by atoms with Crippen molar-refractivity contribution in [2.24, 2.45) is 0 Å². The summed E-state index contributed by atoms with van der Waals surface area (Å²) in [6, 6.07) is 6.15. The first-order valence-corrected chi connectivity index (χ1v) is 8.42. The topological polar surface area (TPSA) is 64.5 Å². The van der Waals surface area contributed by atoms with Crippen molar-refractivity contribution in [3.8, 4) is 11.6 Å². The van der Waals surface area contributed by atoms with Crippen molar-refractivity contribution in [2.75, 3.05) is 19.7 Å². The van der Waals surface area contributed by atoms with Gasteiger partial charge in [-0.1, -0.05) is 6.07 Å². The molecule has 144 valence electrons. The first kappa shape index (κ1) is 18.9. The summed E-state index contributed by atoms with van der Waals surface area (Å²) < 4.78 is 49.1. The molecule has 0 unspecified atom stereocenters. The third-order valence-electron chi connectivity index (χ3n) is 4.16. The second kappa shape index (κ2) is 8.24. The Morgan fingerprint density at radius 2 is 2.00 bits per heavy atom. The molecular weight excluding hydrogens is 363 g/mol. The Morgan fingerprint density at radius 3 is 2.67 bits per heavy atom. The summed E-state index contributed by atoms with van der Waals surface area (Å²) in [6.07, 6.45) is -0.230. The lowest BCUT2D eigenvalue weighted by Gasteiger charge is -2.31. The number of halogens is 3. The van der Waals surface area contributed by atoms with Gasteiger partial charge in [-0.2, -0.15) is 13.2 Å². The van der Waals surface area contributed by atoms with Gasteiger partial charge >= 0.3 is 6.18 Å². The van der Waals surface area contributed by atoms with Crippen LogP contribution in [-0.4, -0.2) is 46.6 Å². The normalized spacial score (nSPS) is 15.4. The molecule has 2 aromatic rings. The molecule has 1 aromatic heterocycles. The summed E-state index contributed by atoms with van der Waals surface area (Å²) in [6.45, 7) is 0.666. The van der Waals surface area contributed by atoms with E-state index in [0.29, 0.717) is 31.8 Å². The third kappa shape index (κ3) is 5.32. The molecule has 0 spiro atoms. The van der Waals surface area contributed by atoms with E-state index in [2.05, 4.69) is 9.97 Å². The van der Waals surface area contributed by atoms with E-state index < -0.39 is 11.7 Å². The predicted molar refractivity (Wildman–Crippen MR) is 89.2 cm³/mol. The molecule has 6 nitrogen and oxygen atoms in total. The minimum absolute atomic E-state index is 0.0140. The van der Waals surface area contributed by atoms with Gasteiger partial charge in [-0.15, -0.1) is 0 Å². The molecule has 9 heteroatoms. The highest BCUT2D eigenvalue weighted by atomic mass is 19.4. The number of piperidine rings is 1. The number of nitrogens with zero attached hydrogens (tertiary/aromatic N) is 3. The van der Waals surface area contributed by atoms with Crippen LogP contribution in [-0.2, 0) is 11.0 Å². The van der Waals surface area contributed by atoms with Crippen LogP contribution in [0.25, 0.3) is 0 Å². The molecule has 1 amide bonds. The van der Waals surface area contributed by atoms with Gasteiger partial charge in [0.05, 0.1) is 5.56 Å². The smallest absolute Gasteiger partial charge is 0.416 e. The monoisotopic (exact) mass is 381 g/mol. The van der Waals surface area contributed by atoms with Crippen molar-refractivity contribution in [3.63, 3.8) is 0 Å². The zero-order valence-electron chi connectivity index (χ0n) is 14.4. The molecule has 1 fully saturated rings. The van der Waals surface area contributed by atoms with Crippen LogP contribution in [0.3, 0.4) is 0 Å². The zero-order chi connectivity index (χ0) is 19.3. The summed E-state index contributed by atoms with van der Waals surface area (Å²) in [5.74, 6) is 0.232. The van der Waals surface area contributed by atoms with Gasteiger partial charge < -0.3 is 14.4 Å². The van der Waals surface area contributed by atoms with Gasteiger partial charge in [-0.05, 0) is 18.2 Å². The standard InChI is InChI=1S/C18H18F3N3O3/c19-18(20,21)13-2-1-3-15(10-13)26-11-17(25)24-8-5-14(6-9-24)27-16-4-7-22-12-23-16/h1-4,7,10,12,14H,5-6,8-9,11H2. The number of alkyl halides is 3. The fraction of sp³-hybridized carbons (Fsp3) is 0.389. The highest BCUT2D eigenvalue weighted by Gasteiger charge is 2.31. The van der Waals surface area contributed by atoms with E-state index in [1.165, 1.54) is 18.5 Å². The average Bonchev–Trinajstić information content (AvgIpc) is 2.67. The Hall–Kier alpha value is -2.84. The number of benzene rings is 1. The number of carbonyl (C=O) groups excluding carboxylic acids is 1. The molecule has 27 heavy (non-hydrogen) atoms.